The maximum absolute atomic E-state index is 12.3. The molecule has 0 saturated heterocycles. The molecule has 1 atom stereocenters. The fourth-order valence-corrected chi connectivity index (χ4v) is 2.77. The molecule has 1 heterocycles. The van der Waals surface area contributed by atoms with E-state index >= 15 is 0 Å². The molecule has 5 nitrogen and oxygen atoms in total. The third-order valence-electron chi connectivity index (χ3n) is 4.01. The zero-order valence-electron chi connectivity index (χ0n) is 11.9. The highest BCUT2D eigenvalue weighted by atomic mass is 16.4. The number of hydrogen-bond donors (Lipinski definition) is 1. The van der Waals surface area contributed by atoms with Crippen LogP contribution in [0.25, 0.3) is 0 Å². The van der Waals surface area contributed by atoms with Crippen LogP contribution in [-0.4, -0.2) is 16.5 Å². The molecule has 0 spiro atoms. The van der Waals surface area contributed by atoms with E-state index in [-0.39, 0.29) is 11.9 Å². The van der Waals surface area contributed by atoms with Gasteiger partial charge in [-0.3, -0.25) is 9.36 Å². The molecule has 1 fully saturated rings. The van der Waals surface area contributed by atoms with Crippen molar-refractivity contribution in [1.82, 2.24) is 9.88 Å². The van der Waals surface area contributed by atoms with E-state index < -0.39 is 11.8 Å². The number of amides is 1. The smallest absolute Gasteiger partial charge is 0.413 e. The molecule has 106 valence electrons. The van der Waals surface area contributed by atoms with Crippen LogP contribution in [-0.2, 0) is 4.79 Å². The molecular weight excluding hydrogens is 244 g/mol. The molecule has 0 aromatic carbocycles. The van der Waals surface area contributed by atoms with Gasteiger partial charge in [-0.15, -0.1) is 0 Å². The van der Waals surface area contributed by atoms with Crippen molar-refractivity contribution in [3.8, 4) is 0 Å². The second kappa shape index (κ2) is 5.63. The Morgan fingerprint density at radius 1 is 1.42 bits per heavy atom. The van der Waals surface area contributed by atoms with E-state index in [4.69, 9.17) is 4.42 Å². The number of carbonyl (C=O) groups excluding carboxylic acids is 1. The number of carbonyl (C=O) groups is 1. The van der Waals surface area contributed by atoms with Crippen molar-refractivity contribution in [2.75, 3.05) is 0 Å². The normalized spacial score (nSPS) is 17.6. The second-order valence-corrected chi connectivity index (χ2v) is 5.29. The van der Waals surface area contributed by atoms with Crippen LogP contribution in [0.1, 0.15) is 56.5 Å². The monoisotopic (exact) mass is 266 g/mol. The number of rotatable bonds is 4. The highest BCUT2D eigenvalue weighted by Crippen LogP contribution is 2.20. The van der Waals surface area contributed by atoms with E-state index in [1.807, 2.05) is 13.8 Å². The van der Waals surface area contributed by atoms with Crippen molar-refractivity contribution >= 4 is 5.91 Å². The number of hydrogen-bond acceptors (Lipinski definition) is 3. The average molecular weight is 266 g/mol. The van der Waals surface area contributed by atoms with Gasteiger partial charge >= 0.3 is 5.76 Å². The van der Waals surface area contributed by atoms with Gasteiger partial charge < -0.3 is 9.73 Å². The molecule has 0 aliphatic heterocycles. The predicted octanol–water partition coefficient (Wildman–Crippen LogP) is 2.07. The number of oxazole rings is 1. The van der Waals surface area contributed by atoms with Gasteiger partial charge in [-0.1, -0.05) is 19.8 Å². The number of nitrogens with one attached hydrogen (secondary N) is 1. The molecular formula is C14H22N2O3. The van der Waals surface area contributed by atoms with Crippen LogP contribution in [0.3, 0.4) is 0 Å². The average Bonchev–Trinajstić information content (AvgIpc) is 2.94. The van der Waals surface area contributed by atoms with E-state index in [2.05, 4.69) is 5.32 Å². The minimum atomic E-state index is -0.467. The molecule has 0 unspecified atom stereocenters. The lowest BCUT2D eigenvalue weighted by molar-refractivity contribution is -0.125. The largest absolute Gasteiger partial charge is 0.420 e. The van der Waals surface area contributed by atoms with Crippen LogP contribution in [0.2, 0.25) is 0 Å². The SMILES string of the molecule is CC[C@H](C(=O)NC1CCCC1)n1c(C)c(C)oc1=O. The Kier molecular flexibility index (Phi) is 4.12. The lowest BCUT2D eigenvalue weighted by atomic mass is 10.1. The van der Waals surface area contributed by atoms with Crippen molar-refractivity contribution in [1.29, 1.82) is 0 Å². The Labute approximate surface area is 113 Å². The van der Waals surface area contributed by atoms with Crippen molar-refractivity contribution in [3.05, 3.63) is 22.0 Å². The molecule has 1 N–H and O–H groups in total. The summed E-state index contributed by atoms with van der Waals surface area (Å²) in [6.07, 6.45) is 5.01. The Morgan fingerprint density at radius 3 is 2.53 bits per heavy atom. The van der Waals surface area contributed by atoms with Crippen LogP contribution in [0.5, 0.6) is 0 Å². The molecule has 2 rings (SSSR count). The first-order valence-corrected chi connectivity index (χ1v) is 7.03. The highest BCUT2D eigenvalue weighted by Gasteiger charge is 2.27. The van der Waals surface area contributed by atoms with Crippen molar-refractivity contribution in [2.45, 2.75) is 65.0 Å². The molecule has 1 aliphatic rings. The van der Waals surface area contributed by atoms with Gasteiger partial charge in [0.15, 0.2) is 0 Å². The molecule has 1 aromatic heterocycles. The Balaban J connectivity index is 2.19. The van der Waals surface area contributed by atoms with Crippen LogP contribution < -0.4 is 11.1 Å². The fourth-order valence-electron chi connectivity index (χ4n) is 2.77. The molecule has 1 amide bonds. The lowest BCUT2D eigenvalue weighted by Gasteiger charge is -2.19. The lowest BCUT2D eigenvalue weighted by Crippen LogP contribution is -2.40. The van der Waals surface area contributed by atoms with Gasteiger partial charge in [-0.2, -0.15) is 0 Å². The summed E-state index contributed by atoms with van der Waals surface area (Å²) in [4.78, 5) is 24.2. The summed E-state index contributed by atoms with van der Waals surface area (Å²) in [5.41, 5.74) is 0.735. The summed E-state index contributed by atoms with van der Waals surface area (Å²) >= 11 is 0. The first-order chi connectivity index (χ1) is 9.04. The maximum Gasteiger partial charge on any atom is 0.420 e. The molecule has 19 heavy (non-hydrogen) atoms. The van der Waals surface area contributed by atoms with E-state index in [0.717, 1.165) is 18.5 Å². The van der Waals surface area contributed by atoms with Crippen molar-refractivity contribution in [3.63, 3.8) is 0 Å². The first kappa shape index (κ1) is 13.9. The zero-order chi connectivity index (χ0) is 14.0. The van der Waals surface area contributed by atoms with Crippen LogP contribution in [0.15, 0.2) is 9.21 Å². The van der Waals surface area contributed by atoms with Crippen molar-refractivity contribution < 1.29 is 9.21 Å². The van der Waals surface area contributed by atoms with E-state index in [1.54, 1.807) is 6.92 Å². The van der Waals surface area contributed by atoms with Gasteiger partial charge in [0, 0.05) is 6.04 Å². The first-order valence-electron chi connectivity index (χ1n) is 7.03. The van der Waals surface area contributed by atoms with Gasteiger partial charge in [0.05, 0.1) is 5.69 Å². The Morgan fingerprint density at radius 2 is 2.05 bits per heavy atom. The Bertz CT molecular complexity index is 509. The van der Waals surface area contributed by atoms with Gasteiger partial charge in [0.25, 0.3) is 0 Å². The summed E-state index contributed by atoms with van der Waals surface area (Å²) in [5, 5.41) is 3.05. The molecule has 1 aliphatic carbocycles. The molecule has 0 radical (unpaired) electrons. The topological polar surface area (TPSA) is 64.2 Å². The van der Waals surface area contributed by atoms with E-state index in [0.29, 0.717) is 12.2 Å². The fraction of sp³-hybridized carbons (Fsp3) is 0.714. The molecule has 0 bridgehead atoms. The third-order valence-corrected chi connectivity index (χ3v) is 4.01. The minimum Gasteiger partial charge on any atom is -0.413 e. The number of nitrogens with zero attached hydrogens (tertiary/aromatic N) is 1. The quantitative estimate of drug-likeness (QED) is 0.907. The van der Waals surface area contributed by atoms with Gasteiger partial charge in [0.1, 0.15) is 11.8 Å². The number of aryl methyl sites for hydroxylation is 1. The van der Waals surface area contributed by atoms with Crippen LogP contribution >= 0.6 is 0 Å². The van der Waals surface area contributed by atoms with E-state index in [1.165, 1.54) is 17.4 Å². The summed E-state index contributed by atoms with van der Waals surface area (Å²) in [6.45, 7) is 5.47. The molecule has 5 heteroatoms. The highest BCUT2D eigenvalue weighted by molar-refractivity contribution is 5.80. The predicted molar refractivity (Wildman–Crippen MR) is 72.2 cm³/mol. The standard InChI is InChI=1S/C14H22N2O3/c1-4-12(13(17)15-11-7-5-6-8-11)16-9(2)10(3)19-14(16)18/h11-12H,4-8H2,1-3H3,(H,15,17)/t12-/m1/s1. The minimum absolute atomic E-state index is 0.0691. The van der Waals surface area contributed by atoms with E-state index in [9.17, 15) is 9.59 Å². The zero-order valence-corrected chi connectivity index (χ0v) is 11.9. The van der Waals surface area contributed by atoms with Crippen LogP contribution in [0, 0.1) is 13.8 Å². The summed E-state index contributed by atoms with van der Waals surface area (Å²) in [5.74, 6) is 0.0703. The number of aromatic nitrogens is 1. The summed E-state index contributed by atoms with van der Waals surface area (Å²) in [7, 11) is 0. The second-order valence-electron chi connectivity index (χ2n) is 5.29. The van der Waals surface area contributed by atoms with Gasteiger partial charge in [-0.05, 0) is 33.1 Å². The Hall–Kier alpha value is -1.52. The third kappa shape index (κ3) is 2.74. The maximum atomic E-state index is 12.3. The molecule has 1 aromatic rings. The van der Waals surface area contributed by atoms with Gasteiger partial charge in [-0.25, -0.2) is 4.79 Å². The van der Waals surface area contributed by atoms with Crippen LogP contribution in [0.4, 0.5) is 0 Å². The summed E-state index contributed by atoms with van der Waals surface area (Å²) < 4.78 is 6.55. The van der Waals surface area contributed by atoms with Crippen molar-refractivity contribution in [2.24, 2.45) is 0 Å². The molecule has 1 saturated carbocycles. The summed E-state index contributed by atoms with van der Waals surface area (Å²) in [6, 6.07) is -0.198. The van der Waals surface area contributed by atoms with Gasteiger partial charge in [0.2, 0.25) is 5.91 Å².